The highest BCUT2D eigenvalue weighted by Crippen LogP contribution is 2.28. The summed E-state index contributed by atoms with van der Waals surface area (Å²) < 4.78 is 2.56. The highest BCUT2D eigenvalue weighted by Gasteiger charge is 2.28. The second-order valence-corrected chi connectivity index (χ2v) is 6.68. The summed E-state index contributed by atoms with van der Waals surface area (Å²) in [4.78, 5) is 33.3. The molecule has 1 fully saturated rings. The molecule has 1 aromatic carbocycles. The molecule has 0 bridgehead atoms. The first-order chi connectivity index (χ1) is 12.5. The standard InChI is InChI=1S/C18H21N5O3/c1-20-16-12(17(25)21(2)18(20)26)11-15(19-16)23-9-7-22(8-10-23)13-5-3-4-6-14(13)24/h3-6,24H,7-11H2,1-2H3. The van der Waals surface area contributed by atoms with Crippen LogP contribution in [0.5, 0.6) is 5.75 Å². The minimum Gasteiger partial charge on any atom is -0.506 e. The molecule has 0 radical (unpaired) electrons. The molecule has 0 amide bonds. The van der Waals surface area contributed by atoms with E-state index in [1.165, 1.54) is 11.6 Å². The van der Waals surface area contributed by atoms with Gasteiger partial charge in [-0.05, 0) is 12.1 Å². The number of phenolic OH excluding ortho intramolecular Hbond substituents is 1. The molecular weight excluding hydrogens is 334 g/mol. The average molecular weight is 355 g/mol. The third-order valence-electron chi connectivity index (χ3n) is 5.16. The van der Waals surface area contributed by atoms with Gasteiger partial charge in [0.1, 0.15) is 17.4 Å². The van der Waals surface area contributed by atoms with E-state index in [2.05, 4.69) is 14.8 Å². The molecule has 1 N–H and O–H groups in total. The molecule has 3 heterocycles. The normalized spacial score (nSPS) is 16.6. The fourth-order valence-electron chi connectivity index (χ4n) is 3.64. The van der Waals surface area contributed by atoms with Crippen LogP contribution in [0.1, 0.15) is 5.56 Å². The number of nitrogens with zero attached hydrogens (tertiary/aromatic N) is 5. The number of piperazine rings is 1. The van der Waals surface area contributed by atoms with Crippen molar-refractivity contribution in [3.05, 3.63) is 50.7 Å². The van der Waals surface area contributed by atoms with Gasteiger partial charge in [0.25, 0.3) is 5.56 Å². The lowest BCUT2D eigenvalue weighted by atomic mass is 10.2. The monoisotopic (exact) mass is 355 g/mol. The maximum atomic E-state index is 12.4. The zero-order valence-corrected chi connectivity index (χ0v) is 14.8. The highest BCUT2D eigenvalue weighted by atomic mass is 16.3. The number of amidine groups is 1. The maximum Gasteiger partial charge on any atom is 0.332 e. The largest absolute Gasteiger partial charge is 0.506 e. The molecule has 0 aliphatic carbocycles. The zero-order valence-electron chi connectivity index (χ0n) is 14.8. The van der Waals surface area contributed by atoms with E-state index in [9.17, 15) is 14.7 Å². The third-order valence-corrected chi connectivity index (χ3v) is 5.16. The quantitative estimate of drug-likeness (QED) is 0.790. The van der Waals surface area contributed by atoms with Crippen molar-refractivity contribution in [3.63, 3.8) is 0 Å². The number of hydrogen-bond donors (Lipinski definition) is 1. The number of hydrogen-bond acceptors (Lipinski definition) is 6. The summed E-state index contributed by atoms with van der Waals surface area (Å²) in [6.07, 6.45) is 0.451. The van der Waals surface area contributed by atoms with Crippen molar-refractivity contribution in [3.8, 4) is 5.75 Å². The van der Waals surface area contributed by atoms with Crippen LogP contribution in [0.4, 0.5) is 11.5 Å². The minimum absolute atomic E-state index is 0.269. The van der Waals surface area contributed by atoms with Crippen molar-refractivity contribution < 1.29 is 5.11 Å². The minimum atomic E-state index is -0.358. The Kier molecular flexibility index (Phi) is 3.82. The van der Waals surface area contributed by atoms with Crippen LogP contribution >= 0.6 is 0 Å². The summed E-state index contributed by atoms with van der Waals surface area (Å²) in [7, 11) is 3.14. The molecule has 8 heteroatoms. The van der Waals surface area contributed by atoms with E-state index in [0.29, 0.717) is 17.8 Å². The summed E-state index contributed by atoms with van der Waals surface area (Å²) >= 11 is 0. The van der Waals surface area contributed by atoms with E-state index in [-0.39, 0.29) is 17.0 Å². The second-order valence-electron chi connectivity index (χ2n) is 6.68. The maximum absolute atomic E-state index is 12.4. The number of phenols is 1. The second kappa shape index (κ2) is 6.05. The van der Waals surface area contributed by atoms with Gasteiger partial charge < -0.3 is 14.9 Å². The fourth-order valence-corrected chi connectivity index (χ4v) is 3.64. The van der Waals surface area contributed by atoms with E-state index in [0.717, 1.165) is 42.3 Å². The Morgan fingerprint density at radius 1 is 0.962 bits per heavy atom. The predicted octanol–water partition coefficient (Wildman–Crippen LogP) is 0.198. The molecule has 1 aromatic heterocycles. The average Bonchev–Trinajstić information content (AvgIpc) is 3.11. The molecule has 1 saturated heterocycles. The van der Waals surface area contributed by atoms with Crippen molar-refractivity contribution in [1.82, 2.24) is 14.0 Å². The van der Waals surface area contributed by atoms with Crippen molar-refractivity contribution in [2.24, 2.45) is 19.1 Å². The lowest BCUT2D eigenvalue weighted by Crippen LogP contribution is -2.49. The van der Waals surface area contributed by atoms with Crippen LogP contribution in [0.3, 0.4) is 0 Å². The topological polar surface area (TPSA) is 83.1 Å². The first-order valence-electron chi connectivity index (χ1n) is 8.61. The number of benzene rings is 1. The summed E-state index contributed by atoms with van der Waals surface area (Å²) in [5.74, 6) is 1.58. The van der Waals surface area contributed by atoms with Gasteiger partial charge in [-0.1, -0.05) is 12.1 Å². The smallest absolute Gasteiger partial charge is 0.332 e. The van der Waals surface area contributed by atoms with Crippen LogP contribution < -0.4 is 16.1 Å². The zero-order chi connectivity index (χ0) is 18.4. The summed E-state index contributed by atoms with van der Waals surface area (Å²) in [5, 5.41) is 10.0. The summed E-state index contributed by atoms with van der Waals surface area (Å²) in [6, 6.07) is 7.32. The van der Waals surface area contributed by atoms with Gasteiger partial charge in [-0.25, -0.2) is 9.79 Å². The molecule has 2 aliphatic heterocycles. The van der Waals surface area contributed by atoms with Gasteiger partial charge in [-0.2, -0.15) is 0 Å². The Morgan fingerprint density at radius 2 is 1.62 bits per heavy atom. The Morgan fingerprint density at radius 3 is 2.31 bits per heavy atom. The van der Waals surface area contributed by atoms with Crippen molar-refractivity contribution in [1.29, 1.82) is 0 Å². The van der Waals surface area contributed by atoms with Gasteiger partial charge in [0, 0.05) is 46.7 Å². The van der Waals surface area contributed by atoms with E-state index in [4.69, 9.17) is 0 Å². The fraction of sp³-hybridized carbons (Fsp3) is 0.389. The van der Waals surface area contributed by atoms with Gasteiger partial charge in [0.15, 0.2) is 0 Å². The lowest BCUT2D eigenvalue weighted by Gasteiger charge is -2.37. The van der Waals surface area contributed by atoms with Crippen molar-refractivity contribution >= 4 is 17.3 Å². The Hall–Kier alpha value is -3.03. The first kappa shape index (κ1) is 16.4. The lowest BCUT2D eigenvalue weighted by molar-refractivity contribution is 0.378. The Labute approximate surface area is 150 Å². The van der Waals surface area contributed by atoms with Crippen molar-refractivity contribution in [2.75, 3.05) is 31.1 Å². The Bertz CT molecular complexity index is 1010. The molecule has 136 valence electrons. The van der Waals surface area contributed by atoms with Gasteiger partial charge in [-0.15, -0.1) is 0 Å². The van der Waals surface area contributed by atoms with Gasteiger partial charge in [-0.3, -0.25) is 13.9 Å². The van der Waals surface area contributed by atoms with Crippen LogP contribution in [0.2, 0.25) is 0 Å². The molecule has 8 nitrogen and oxygen atoms in total. The van der Waals surface area contributed by atoms with E-state index in [1.807, 2.05) is 18.2 Å². The summed E-state index contributed by atoms with van der Waals surface area (Å²) in [6.45, 7) is 3.00. The third kappa shape index (κ3) is 2.49. The molecule has 0 atom stereocenters. The van der Waals surface area contributed by atoms with E-state index >= 15 is 0 Å². The van der Waals surface area contributed by atoms with Gasteiger partial charge in [0.05, 0.1) is 11.3 Å². The van der Waals surface area contributed by atoms with Gasteiger partial charge in [0.2, 0.25) is 0 Å². The summed E-state index contributed by atoms with van der Waals surface area (Å²) in [5.41, 5.74) is 0.783. The molecule has 0 spiro atoms. The molecule has 2 aromatic rings. The van der Waals surface area contributed by atoms with Crippen LogP contribution in [0, 0.1) is 0 Å². The molecule has 4 rings (SSSR count). The van der Waals surface area contributed by atoms with Crippen LogP contribution in [0.25, 0.3) is 0 Å². The number of aliphatic imine (C=N–C) groups is 1. The number of para-hydroxylation sites is 2. The van der Waals surface area contributed by atoms with Crippen LogP contribution in [-0.4, -0.2) is 51.2 Å². The molecule has 2 aliphatic rings. The van der Waals surface area contributed by atoms with Crippen molar-refractivity contribution in [2.45, 2.75) is 6.42 Å². The number of fused-ring (bicyclic) bond motifs is 1. The highest BCUT2D eigenvalue weighted by molar-refractivity contribution is 5.91. The van der Waals surface area contributed by atoms with E-state index < -0.39 is 0 Å². The molecule has 0 unspecified atom stereocenters. The molecule has 26 heavy (non-hydrogen) atoms. The number of aromatic hydroxyl groups is 1. The molecule has 0 saturated carbocycles. The first-order valence-corrected chi connectivity index (χ1v) is 8.61. The van der Waals surface area contributed by atoms with E-state index in [1.54, 1.807) is 13.1 Å². The molecular formula is C18H21N5O3. The number of rotatable bonds is 1. The number of anilines is 1. The van der Waals surface area contributed by atoms with Crippen LogP contribution in [0.15, 0.2) is 38.8 Å². The van der Waals surface area contributed by atoms with Crippen LogP contribution in [-0.2, 0) is 20.5 Å². The Balaban J connectivity index is 1.54. The predicted molar refractivity (Wildman–Crippen MR) is 99.6 cm³/mol. The SMILES string of the molecule is Cn1c2c(c(=O)n(C)c1=O)CC(N1CCN(c3ccccc3O)CC1)=N2. The van der Waals surface area contributed by atoms with Gasteiger partial charge >= 0.3 is 5.69 Å². The number of aromatic nitrogens is 2.